The van der Waals surface area contributed by atoms with Gasteiger partial charge in [0, 0.05) is 54.1 Å². The van der Waals surface area contributed by atoms with Crippen LogP contribution in [0.25, 0.3) is 0 Å². The summed E-state index contributed by atoms with van der Waals surface area (Å²) in [7, 11) is -3.28. The summed E-state index contributed by atoms with van der Waals surface area (Å²) in [6.45, 7) is 3.46. The molecule has 3 aromatic carbocycles. The summed E-state index contributed by atoms with van der Waals surface area (Å²) in [4.78, 5) is 4.64. The number of rotatable bonds is 7. The summed E-state index contributed by atoms with van der Waals surface area (Å²) in [6, 6.07) is 23.9. The van der Waals surface area contributed by atoms with Gasteiger partial charge < -0.3 is 4.90 Å². The average Bonchev–Trinajstić information content (AvgIpc) is 2.72. The molecule has 0 saturated carbocycles. The van der Waals surface area contributed by atoms with Crippen molar-refractivity contribution < 1.29 is 8.42 Å². The number of sulfone groups is 1. The van der Waals surface area contributed by atoms with Crippen LogP contribution in [-0.2, 0) is 9.84 Å². The van der Waals surface area contributed by atoms with Crippen molar-refractivity contribution in [2.75, 3.05) is 37.3 Å². The van der Waals surface area contributed by atoms with E-state index in [2.05, 4.69) is 21.9 Å². The van der Waals surface area contributed by atoms with E-state index in [4.69, 9.17) is 23.2 Å². The van der Waals surface area contributed by atoms with Crippen molar-refractivity contribution in [3.8, 4) is 0 Å². The van der Waals surface area contributed by atoms with Gasteiger partial charge in [-0.1, -0.05) is 59.6 Å². The first-order valence-corrected chi connectivity index (χ1v) is 14.3. The lowest BCUT2D eigenvalue weighted by atomic mass is 9.86. The molecule has 34 heavy (non-hydrogen) atoms. The summed E-state index contributed by atoms with van der Waals surface area (Å²) in [5, 5.41) is 0.875. The van der Waals surface area contributed by atoms with Crippen LogP contribution in [0.15, 0.2) is 72.8 Å². The number of benzene rings is 3. The van der Waals surface area contributed by atoms with Gasteiger partial charge in [-0.05, 0) is 59.5 Å². The summed E-state index contributed by atoms with van der Waals surface area (Å²) in [6.07, 6.45) is 2.56. The number of anilines is 1. The monoisotopic (exact) mass is 514 g/mol. The molecule has 0 spiro atoms. The Balaban J connectivity index is 1.42. The molecule has 5 rings (SSSR count). The highest BCUT2D eigenvalue weighted by molar-refractivity contribution is 7.90. The van der Waals surface area contributed by atoms with E-state index in [1.165, 1.54) is 12.7 Å². The van der Waals surface area contributed by atoms with E-state index in [0.717, 1.165) is 35.5 Å². The number of nitrogens with zero attached hydrogens (tertiary/aromatic N) is 2. The molecule has 3 aromatic rings. The molecule has 2 heterocycles. The Kier molecular flexibility index (Phi) is 6.64. The van der Waals surface area contributed by atoms with Gasteiger partial charge in [-0.2, -0.15) is 0 Å². The van der Waals surface area contributed by atoms with Crippen LogP contribution in [-0.4, -0.2) is 45.8 Å². The van der Waals surface area contributed by atoms with E-state index < -0.39 is 15.1 Å². The Bertz CT molecular complexity index is 1210. The summed E-state index contributed by atoms with van der Waals surface area (Å²) < 4.78 is 25.9. The number of hydrogen-bond acceptors (Lipinski definition) is 4. The average molecular weight is 516 g/mol. The fraction of sp³-hybridized carbons (Fsp3) is 0.333. The molecule has 178 valence electrons. The first kappa shape index (κ1) is 23.7. The van der Waals surface area contributed by atoms with Gasteiger partial charge in [-0.25, -0.2) is 8.42 Å². The molecule has 7 heteroatoms. The molecule has 0 bridgehead atoms. The van der Waals surface area contributed by atoms with Crippen molar-refractivity contribution in [1.82, 2.24) is 4.90 Å². The summed E-state index contributed by atoms with van der Waals surface area (Å²) >= 11 is 12.3. The van der Waals surface area contributed by atoms with Gasteiger partial charge in [-0.15, -0.1) is 0 Å². The third kappa shape index (κ3) is 4.85. The largest absolute Gasteiger partial charge is 0.371 e. The van der Waals surface area contributed by atoms with E-state index in [-0.39, 0.29) is 12.0 Å². The molecule has 2 aliphatic heterocycles. The molecule has 0 unspecified atom stereocenters. The highest BCUT2D eigenvalue weighted by atomic mass is 35.5. The standard InChI is InChI=1S/C27H28Cl2N2O2S/c1-34(32,33)27(21-4-2-5-25(16-21)30-14-3-15-30)22-17-31(18-22)26(19-6-10-23(28)11-7-19)20-8-12-24(29)13-9-20/h2,4-13,16,22,26-27H,3,14-15,17-18H2,1H3/t27-/m0/s1. The van der Waals surface area contributed by atoms with Gasteiger partial charge in [-0.3, -0.25) is 4.90 Å². The minimum absolute atomic E-state index is 0.0124. The fourth-order valence-corrected chi connectivity index (χ4v) is 6.96. The Labute approximate surface area is 212 Å². The number of likely N-dealkylation sites (tertiary alicyclic amines) is 1. The quantitative estimate of drug-likeness (QED) is 0.387. The lowest BCUT2D eigenvalue weighted by Crippen LogP contribution is -2.52. The Hall–Kier alpha value is -2.05. The second-order valence-corrected chi connectivity index (χ2v) is 12.4. The van der Waals surface area contributed by atoms with Crippen molar-refractivity contribution in [3.05, 3.63) is 99.5 Å². The Morgan fingerprint density at radius 1 is 0.824 bits per heavy atom. The number of hydrogen-bond donors (Lipinski definition) is 0. The van der Waals surface area contributed by atoms with Crippen molar-refractivity contribution >= 4 is 38.7 Å². The third-order valence-corrected chi connectivity index (χ3v) is 9.07. The van der Waals surface area contributed by atoms with E-state index in [1.807, 2.05) is 60.7 Å². The molecule has 0 aliphatic carbocycles. The minimum atomic E-state index is -3.28. The van der Waals surface area contributed by atoms with E-state index in [9.17, 15) is 8.42 Å². The highest BCUT2D eigenvalue weighted by Crippen LogP contribution is 2.42. The summed E-state index contributed by atoms with van der Waals surface area (Å²) in [5.41, 5.74) is 4.27. The molecule has 4 nitrogen and oxygen atoms in total. The lowest BCUT2D eigenvalue weighted by Gasteiger charge is -2.47. The van der Waals surface area contributed by atoms with Gasteiger partial charge >= 0.3 is 0 Å². The van der Waals surface area contributed by atoms with Gasteiger partial charge in [0.15, 0.2) is 9.84 Å². The lowest BCUT2D eigenvalue weighted by molar-refractivity contribution is 0.0655. The van der Waals surface area contributed by atoms with Crippen LogP contribution in [0, 0.1) is 5.92 Å². The Morgan fingerprint density at radius 3 is 1.85 bits per heavy atom. The van der Waals surface area contributed by atoms with Crippen LogP contribution in [0.3, 0.4) is 0 Å². The number of halogens is 2. The van der Waals surface area contributed by atoms with Crippen molar-refractivity contribution in [3.63, 3.8) is 0 Å². The van der Waals surface area contributed by atoms with Crippen LogP contribution < -0.4 is 4.90 Å². The second-order valence-electron chi connectivity index (χ2n) is 9.41. The van der Waals surface area contributed by atoms with Gasteiger partial charge in [0.25, 0.3) is 0 Å². The van der Waals surface area contributed by atoms with Crippen LogP contribution in [0.2, 0.25) is 10.0 Å². The van der Waals surface area contributed by atoms with E-state index in [0.29, 0.717) is 23.1 Å². The molecule has 2 fully saturated rings. The van der Waals surface area contributed by atoms with E-state index >= 15 is 0 Å². The predicted molar refractivity (Wildman–Crippen MR) is 141 cm³/mol. The first-order valence-electron chi connectivity index (χ1n) is 11.6. The minimum Gasteiger partial charge on any atom is -0.371 e. The van der Waals surface area contributed by atoms with Crippen LogP contribution in [0.5, 0.6) is 0 Å². The SMILES string of the molecule is CS(=O)(=O)[C@@H](c1cccc(N2CCC2)c1)C1CN(C(c2ccc(Cl)cc2)c2ccc(Cl)cc2)C1. The van der Waals surface area contributed by atoms with Crippen molar-refractivity contribution in [2.45, 2.75) is 17.7 Å². The molecule has 0 aromatic heterocycles. The molecule has 0 N–H and O–H groups in total. The molecular weight excluding hydrogens is 487 g/mol. The van der Waals surface area contributed by atoms with Crippen molar-refractivity contribution in [1.29, 1.82) is 0 Å². The van der Waals surface area contributed by atoms with E-state index in [1.54, 1.807) is 0 Å². The maximum atomic E-state index is 13.0. The maximum absolute atomic E-state index is 13.0. The maximum Gasteiger partial charge on any atom is 0.154 e. The zero-order chi connectivity index (χ0) is 23.9. The van der Waals surface area contributed by atoms with Gasteiger partial charge in [0.1, 0.15) is 0 Å². The molecule has 0 radical (unpaired) electrons. The highest BCUT2D eigenvalue weighted by Gasteiger charge is 2.43. The van der Waals surface area contributed by atoms with Crippen LogP contribution in [0.1, 0.15) is 34.4 Å². The van der Waals surface area contributed by atoms with Crippen LogP contribution in [0.4, 0.5) is 5.69 Å². The van der Waals surface area contributed by atoms with Gasteiger partial charge in [0.05, 0.1) is 11.3 Å². The fourth-order valence-electron chi connectivity index (χ4n) is 5.20. The zero-order valence-electron chi connectivity index (χ0n) is 19.1. The van der Waals surface area contributed by atoms with Crippen molar-refractivity contribution in [2.24, 2.45) is 5.92 Å². The third-order valence-electron chi connectivity index (χ3n) is 6.98. The molecule has 2 saturated heterocycles. The summed E-state index contributed by atoms with van der Waals surface area (Å²) in [5.74, 6) is 0.0312. The van der Waals surface area contributed by atoms with Gasteiger partial charge in [0.2, 0.25) is 0 Å². The topological polar surface area (TPSA) is 40.6 Å². The molecule has 1 atom stereocenters. The molecule has 2 aliphatic rings. The smallest absolute Gasteiger partial charge is 0.154 e. The van der Waals surface area contributed by atoms with Crippen LogP contribution >= 0.6 is 23.2 Å². The molecule has 0 amide bonds. The first-order chi connectivity index (χ1) is 16.3. The second kappa shape index (κ2) is 9.54. The normalized spacial score (nSPS) is 17.9. The predicted octanol–water partition coefficient (Wildman–Crippen LogP) is 6.01. The zero-order valence-corrected chi connectivity index (χ0v) is 21.4. The molecular formula is C27H28Cl2N2O2S. The Morgan fingerprint density at radius 2 is 1.38 bits per heavy atom.